The summed E-state index contributed by atoms with van der Waals surface area (Å²) in [5.74, 6) is 2.86. The van der Waals surface area contributed by atoms with Gasteiger partial charge in [-0.25, -0.2) is 0 Å². The lowest BCUT2D eigenvalue weighted by Gasteiger charge is -2.73. The topological polar surface area (TPSA) is 60.7 Å². The molecule has 0 spiro atoms. The van der Waals surface area contributed by atoms with Crippen LogP contribution >= 0.6 is 0 Å². The standard InChI is InChI=1S/C30H50O3/c1-19(2)20-9-14-30(18-32)16-15-28(5)21(25(20)30)7-8-23-26(3)12-11-24(33)27(4,17-31)22(26)10-13-29(23,28)6/h20-25,31-33H,1,7-18H2,2-6H3/t20-,21+,22-,23+,24-,25+,26-,27-,28+,29+,30+/m0/s1. The molecule has 0 aromatic carbocycles. The summed E-state index contributed by atoms with van der Waals surface area (Å²) in [6.07, 6.45) is 11.2. The minimum atomic E-state index is -0.383. The molecule has 33 heavy (non-hydrogen) atoms. The van der Waals surface area contributed by atoms with Gasteiger partial charge in [0.2, 0.25) is 0 Å². The van der Waals surface area contributed by atoms with Crippen molar-refractivity contribution in [3.63, 3.8) is 0 Å². The summed E-state index contributed by atoms with van der Waals surface area (Å²) in [4.78, 5) is 0. The summed E-state index contributed by atoms with van der Waals surface area (Å²) >= 11 is 0. The van der Waals surface area contributed by atoms with Gasteiger partial charge in [-0.15, -0.1) is 0 Å². The first-order valence-corrected chi connectivity index (χ1v) is 14.0. The van der Waals surface area contributed by atoms with Crippen molar-refractivity contribution in [3.05, 3.63) is 12.2 Å². The number of hydrogen-bond donors (Lipinski definition) is 3. The third-order valence-corrected chi connectivity index (χ3v) is 13.7. The average molecular weight is 459 g/mol. The third kappa shape index (κ3) is 2.85. The van der Waals surface area contributed by atoms with Crippen LogP contribution in [0, 0.1) is 56.7 Å². The summed E-state index contributed by atoms with van der Waals surface area (Å²) in [7, 11) is 0. The third-order valence-electron chi connectivity index (χ3n) is 13.7. The first kappa shape index (κ1) is 24.3. The summed E-state index contributed by atoms with van der Waals surface area (Å²) in [6.45, 7) is 17.0. The number of hydrogen-bond acceptors (Lipinski definition) is 3. The Morgan fingerprint density at radius 3 is 2.15 bits per heavy atom. The van der Waals surface area contributed by atoms with Crippen molar-refractivity contribution in [3.8, 4) is 0 Å². The van der Waals surface area contributed by atoms with Crippen LogP contribution in [0.2, 0.25) is 0 Å². The predicted molar refractivity (Wildman–Crippen MR) is 133 cm³/mol. The summed E-state index contributed by atoms with van der Waals surface area (Å²) in [5, 5.41) is 32.0. The second-order valence-electron chi connectivity index (χ2n) is 14.4. The molecule has 0 saturated heterocycles. The maximum Gasteiger partial charge on any atom is 0.0618 e. The van der Waals surface area contributed by atoms with Gasteiger partial charge in [0.15, 0.2) is 0 Å². The van der Waals surface area contributed by atoms with Crippen molar-refractivity contribution in [2.45, 2.75) is 105 Å². The zero-order valence-corrected chi connectivity index (χ0v) is 22.0. The molecular weight excluding hydrogens is 408 g/mol. The van der Waals surface area contributed by atoms with Crippen LogP contribution in [-0.2, 0) is 0 Å². The number of allylic oxidation sites excluding steroid dienone is 1. The molecule has 3 N–H and O–H groups in total. The Morgan fingerprint density at radius 1 is 0.788 bits per heavy atom. The highest BCUT2D eigenvalue weighted by Crippen LogP contribution is 2.77. The molecule has 0 radical (unpaired) electrons. The van der Waals surface area contributed by atoms with E-state index < -0.39 is 0 Å². The molecule has 5 aliphatic carbocycles. The van der Waals surface area contributed by atoms with Crippen LogP contribution < -0.4 is 0 Å². The second-order valence-corrected chi connectivity index (χ2v) is 14.4. The van der Waals surface area contributed by atoms with E-state index in [1.807, 2.05) is 0 Å². The molecule has 0 heterocycles. The Hall–Kier alpha value is -0.380. The summed E-state index contributed by atoms with van der Waals surface area (Å²) in [5.41, 5.74) is 1.83. The number of rotatable bonds is 3. The fourth-order valence-corrected chi connectivity index (χ4v) is 11.6. The van der Waals surface area contributed by atoms with E-state index in [0.29, 0.717) is 36.2 Å². The van der Waals surface area contributed by atoms with Gasteiger partial charge in [0.25, 0.3) is 0 Å². The molecule has 5 fully saturated rings. The Morgan fingerprint density at radius 2 is 1.52 bits per heavy atom. The van der Waals surface area contributed by atoms with Gasteiger partial charge in [0, 0.05) is 12.0 Å². The van der Waals surface area contributed by atoms with Crippen molar-refractivity contribution >= 4 is 0 Å². The van der Waals surface area contributed by atoms with Gasteiger partial charge >= 0.3 is 0 Å². The van der Waals surface area contributed by atoms with E-state index in [9.17, 15) is 15.3 Å². The van der Waals surface area contributed by atoms with Gasteiger partial charge in [-0.2, -0.15) is 0 Å². The monoisotopic (exact) mass is 458 g/mol. The van der Waals surface area contributed by atoms with E-state index in [2.05, 4.69) is 41.2 Å². The van der Waals surface area contributed by atoms with Crippen molar-refractivity contribution in [1.29, 1.82) is 0 Å². The minimum Gasteiger partial charge on any atom is -0.396 e. The highest BCUT2D eigenvalue weighted by Gasteiger charge is 2.71. The largest absolute Gasteiger partial charge is 0.396 e. The quantitative estimate of drug-likeness (QED) is 0.457. The lowest BCUT2D eigenvalue weighted by atomic mass is 9.32. The van der Waals surface area contributed by atoms with E-state index in [1.54, 1.807) is 0 Å². The molecule has 3 heteroatoms. The molecule has 0 bridgehead atoms. The smallest absolute Gasteiger partial charge is 0.0618 e. The van der Waals surface area contributed by atoms with Crippen LogP contribution in [0.5, 0.6) is 0 Å². The number of fused-ring (bicyclic) bond motifs is 7. The maximum absolute atomic E-state index is 10.9. The van der Waals surface area contributed by atoms with E-state index in [-0.39, 0.29) is 39.8 Å². The second kappa shape index (κ2) is 7.56. The Labute approximate surface area is 202 Å². The van der Waals surface area contributed by atoms with Gasteiger partial charge < -0.3 is 15.3 Å². The molecule has 5 saturated carbocycles. The fourth-order valence-electron chi connectivity index (χ4n) is 11.6. The molecule has 0 amide bonds. The minimum absolute atomic E-state index is 0.0964. The SMILES string of the molecule is C=C(C)[C@@H]1CC[C@]2(CO)CC[C@]3(C)[C@H](CC[C@@H]4[C@@]5(C)CC[C@H](O)[C@@](C)(CO)[C@H]5CC[C@]43C)[C@@H]12. The molecule has 188 valence electrons. The molecular formula is C30H50O3. The molecule has 5 aliphatic rings. The zero-order valence-electron chi connectivity index (χ0n) is 22.0. The van der Waals surface area contributed by atoms with Crippen molar-refractivity contribution in [2.75, 3.05) is 13.2 Å². The lowest BCUT2D eigenvalue weighted by molar-refractivity contribution is -0.255. The van der Waals surface area contributed by atoms with Crippen molar-refractivity contribution in [1.82, 2.24) is 0 Å². The summed E-state index contributed by atoms with van der Waals surface area (Å²) in [6, 6.07) is 0. The highest BCUT2D eigenvalue weighted by molar-refractivity contribution is 5.21. The van der Waals surface area contributed by atoms with Crippen LogP contribution in [0.15, 0.2) is 12.2 Å². The van der Waals surface area contributed by atoms with Gasteiger partial charge in [-0.3, -0.25) is 0 Å². The molecule has 11 atom stereocenters. The Kier molecular flexibility index (Phi) is 5.57. The molecule has 0 unspecified atom stereocenters. The van der Waals surface area contributed by atoms with Crippen molar-refractivity contribution < 1.29 is 15.3 Å². The van der Waals surface area contributed by atoms with E-state index >= 15 is 0 Å². The molecule has 3 nitrogen and oxygen atoms in total. The van der Waals surface area contributed by atoms with E-state index in [0.717, 1.165) is 19.3 Å². The predicted octanol–water partition coefficient (Wildman–Crippen LogP) is 5.97. The zero-order chi connectivity index (χ0) is 24.0. The van der Waals surface area contributed by atoms with Crippen LogP contribution in [0.3, 0.4) is 0 Å². The van der Waals surface area contributed by atoms with Crippen LogP contribution in [-0.4, -0.2) is 34.6 Å². The average Bonchev–Trinajstić information content (AvgIpc) is 3.17. The van der Waals surface area contributed by atoms with Gasteiger partial charge in [0.1, 0.15) is 0 Å². The number of aliphatic hydroxyl groups is 3. The molecule has 0 aromatic rings. The normalized spacial score (nSPS) is 58.1. The first-order chi connectivity index (χ1) is 15.4. The van der Waals surface area contributed by atoms with E-state index in [1.165, 1.54) is 50.5 Å². The highest BCUT2D eigenvalue weighted by atomic mass is 16.3. The van der Waals surface area contributed by atoms with Gasteiger partial charge in [-0.1, -0.05) is 39.8 Å². The lowest BCUT2D eigenvalue weighted by Crippen LogP contribution is -2.67. The number of aliphatic hydroxyl groups excluding tert-OH is 3. The van der Waals surface area contributed by atoms with Crippen LogP contribution in [0.4, 0.5) is 0 Å². The first-order valence-electron chi connectivity index (χ1n) is 14.0. The van der Waals surface area contributed by atoms with E-state index in [4.69, 9.17) is 0 Å². The van der Waals surface area contributed by atoms with Gasteiger partial charge in [0.05, 0.1) is 12.7 Å². The Bertz CT molecular complexity index is 808. The summed E-state index contributed by atoms with van der Waals surface area (Å²) < 4.78 is 0. The van der Waals surface area contributed by atoms with Crippen LogP contribution in [0.25, 0.3) is 0 Å². The fraction of sp³-hybridized carbons (Fsp3) is 0.933. The maximum atomic E-state index is 10.9. The molecule has 0 aromatic heterocycles. The Balaban J connectivity index is 1.55. The van der Waals surface area contributed by atoms with Crippen LogP contribution in [0.1, 0.15) is 98.8 Å². The molecule has 5 rings (SSSR count). The van der Waals surface area contributed by atoms with Gasteiger partial charge in [-0.05, 0) is 122 Å². The molecule has 0 aliphatic heterocycles. The van der Waals surface area contributed by atoms with Crippen molar-refractivity contribution in [2.24, 2.45) is 56.7 Å².